The van der Waals surface area contributed by atoms with Crippen LogP contribution >= 0.6 is 0 Å². The van der Waals surface area contributed by atoms with Crippen LogP contribution < -0.4 is 25.4 Å². The van der Waals surface area contributed by atoms with Crippen molar-refractivity contribution in [1.82, 2.24) is 25.4 Å². The molecule has 13 nitrogen and oxygen atoms in total. The molecule has 1 aromatic carbocycles. The fourth-order valence-electron chi connectivity index (χ4n) is 4.55. The van der Waals surface area contributed by atoms with Crippen LogP contribution in [-0.2, 0) is 4.74 Å². The van der Waals surface area contributed by atoms with Crippen LogP contribution in [0.3, 0.4) is 0 Å². The number of hydrogen-bond acceptors (Lipinski definition) is 10. The maximum Gasteiger partial charge on any atom is 0.320 e. The number of fused-ring (bicyclic) bond motifs is 3. The number of nitrogens with one attached hydrogen (secondary N) is 3. The summed E-state index contributed by atoms with van der Waals surface area (Å²) in [5.41, 5.74) is 1.68. The second-order valence-electron chi connectivity index (χ2n) is 9.03. The number of morpholine rings is 1. The minimum absolute atomic E-state index is 0.313. The van der Waals surface area contributed by atoms with Gasteiger partial charge < -0.3 is 19.5 Å². The highest BCUT2D eigenvalue weighted by Gasteiger charge is 2.33. The van der Waals surface area contributed by atoms with Gasteiger partial charge in [-0.2, -0.15) is 0 Å². The summed E-state index contributed by atoms with van der Waals surface area (Å²) in [5, 5.41) is 7.89. The highest BCUT2D eigenvalue weighted by atomic mass is 16.5. The van der Waals surface area contributed by atoms with Gasteiger partial charge in [0.05, 0.1) is 39.0 Å². The summed E-state index contributed by atoms with van der Waals surface area (Å²) in [7, 11) is 3.08. The first-order valence-electron chi connectivity index (χ1n) is 12.9. The van der Waals surface area contributed by atoms with Crippen LogP contribution in [0.2, 0.25) is 0 Å². The average molecular weight is 537 g/mol. The standard InChI is InChI=1S/C26H32N8O5/c1-27-26(36)30-20-7-4-17(16-29-20)24(35)32-25-31-21-18(23-28-8-10-34(23)25)5-6-19(22(21)37-2)39-13-3-9-33-11-14-38-15-12-33/h4-7,16H,3,8-15H2,1-2H3,(H,31,32,35)(H2,27,29,30,36). The number of methoxy groups -OCH3 is 1. The minimum Gasteiger partial charge on any atom is -0.491 e. The van der Waals surface area contributed by atoms with Crippen molar-refractivity contribution in [2.75, 3.05) is 72.0 Å². The number of guanidine groups is 1. The fourth-order valence-corrected chi connectivity index (χ4v) is 4.55. The molecule has 5 rings (SSSR count). The Balaban J connectivity index is 1.31. The Morgan fingerprint density at radius 2 is 1.95 bits per heavy atom. The first kappa shape index (κ1) is 26.4. The number of benzene rings is 1. The predicted molar refractivity (Wildman–Crippen MR) is 145 cm³/mol. The van der Waals surface area contributed by atoms with Crippen LogP contribution in [-0.4, -0.2) is 105 Å². The molecule has 3 N–H and O–H groups in total. The molecule has 0 saturated carbocycles. The third kappa shape index (κ3) is 5.94. The van der Waals surface area contributed by atoms with Crippen molar-refractivity contribution in [2.24, 2.45) is 9.98 Å². The zero-order valence-corrected chi connectivity index (χ0v) is 22.0. The normalized spacial score (nSPS) is 16.4. The highest BCUT2D eigenvalue weighted by molar-refractivity contribution is 6.20. The molecule has 13 heteroatoms. The van der Waals surface area contributed by atoms with Gasteiger partial charge in [0, 0.05) is 45.0 Å². The number of ether oxygens (including phenoxy) is 3. The van der Waals surface area contributed by atoms with Crippen LogP contribution in [0.4, 0.5) is 16.3 Å². The van der Waals surface area contributed by atoms with E-state index in [-0.39, 0.29) is 0 Å². The lowest BCUT2D eigenvalue weighted by atomic mass is 10.1. The average Bonchev–Trinajstić information content (AvgIpc) is 3.47. The topological polar surface area (TPSA) is 142 Å². The van der Waals surface area contributed by atoms with Crippen LogP contribution in [0, 0.1) is 0 Å². The summed E-state index contributed by atoms with van der Waals surface area (Å²) < 4.78 is 17.2. The molecule has 39 heavy (non-hydrogen) atoms. The van der Waals surface area contributed by atoms with Crippen molar-refractivity contribution in [3.05, 3.63) is 41.6 Å². The lowest BCUT2D eigenvalue weighted by molar-refractivity contribution is 0.0357. The number of hydrogen-bond donors (Lipinski definition) is 3. The molecular formula is C26H32N8O5. The quantitative estimate of drug-likeness (QED) is 0.430. The molecule has 206 valence electrons. The van der Waals surface area contributed by atoms with Gasteiger partial charge >= 0.3 is 6.03 Å². The Hall–Kier alpha value is -4.23. The van der Waals surface area contributed by atoms with Crippen molar-refractivity contribution in [2.45, 2.75) is 6.42 Å². The lowest BCUT2D eigenvalue weighted by Crippen LogP contribution is -2.47. The molecule has 0 spiro atoms. The highest BCUT2D eigenvalue weighted by Crippen LogP contribution is 2.43. The molecule has 1 saturated heterocycles. The van der Waals surface area contributed by atoms with Crippen LogP contribution in [0.5, 0.6) is 11.5 Å². The maximum absolute atomic E-state index is 13.1. The zero-order valence-electron chi connectivity index (χ0n) is 22.0. The summed E-state index contributed by atoms with van der Waals surface area (Å²) >= 11 is 0. The van der Waals surface area contributed by atoms with E-state index in [1.165, 1.54) is 13.2 Å². The molecule has 4 heterocycles. The summed E-state index contributed by atoms with van der Waals surface area (Å²) in [6.45, 7) is 6.06. The molecule has 0 bridgehead atoms. The Morgan fingerprint density at radius 1 is 1.10 bits per heavy atom. The second kappa shape index (κ2) is 12.1. The Labute approximate surface area is 226 Å². The number of carbonyl (C=O) groups excluding carboxylic acids is 2. The largest absolute Gasteiger partial charge is 0.491 e. The predicted octanol–water partition coefficient (Wildman–Crippen LogP) is 1.44. The van der Waals surface area contributed by atoms with E-state index in [4.69, 9.17) is 19.2 Å². The van der Waals surface area contributed by atoms with Crippen LogP contribution in [0.1, 0.15) is 22.3 Å². The number of rotatable bonds is 8. The molecular weight excluding hydrogens is 504 g/mol. The molecule has 0 aliphatic carbocycles. The summed E-state index contributed by atoms with van der Waals surface area (Å²) in [6, 6.07) is 6.54. The van der Waals surface area contributed by atoms with Crippen molar-refractivity contribution in [3.8, 4) is 11.5 Å². The minimum atomic E-state index is -0.398. The Morgan fingerprint density at radius 3 is 2.69 bits per heavy atom. The number of urea groups is 1. The zero-order chi connectivity index (χ0) is 27.2. The van der Waals surface area contributed by atoms with Gasteiger partial charge in [0.2, 0.25) is 5.96 Å². The molecule has 1 fully saturated rings. The van der Waals surface area contributed by atoms with Gasteiger partial charge in [0.15, 0.2) is 11.5 Å². The van der Waals surface area contributed by atoms with Gasteiger partial charge in [-0.3, -0.25) is 30.2 Å². The van der Waals surface area contributed by atoms with E-state index in [1.807, 2.05) is 17.0 Å². The van der Waals surface area contributed by atoms with Gasteiger partial charge in [-0.15, -0.1) is 0 Å². The summed E-state index contributed by atoms with van der Waals surface area (Å²) in [5.74, 6) is 2.08. The third-order valence-electron chi connectivity index (χ3n) is 6.55. The van der Waals surface area contributed by atoms with E-state index in [1.54, 1.807) is 19.2 Å². The number of carbonyl (C=O) groups is 2. The molecule has 3 amide bonds. The number of nitrogens with zero attached hydrogens (tertiary/aromatic N) is 5. The van der Waals surface area contributed by atoms with Gasteiger partial charge in [-0.1, -0.05) is 0 Å². The maximum atomic E-state index is 13.1. The number of aliphatic imine (C=N–C) groups is 2. The van der Waals surface area contributed by atoms with Gasteiger partial charge in [-0.25, -0.2) is 14.8 Å². The Kier molecular flexibility index (Phi) is 8.18. The molecule has 0 unspecified atom stereocenters. The van der Waals surface area contributed by atoms with Crippen LogP contribution in [0.25, 0.3) is 0 Å². The number of amidine groups is 1. The molecule has 2 aromatic rings. The molecule has 0 radical (unpaired) electrons. The van der Waals surface area contributed by atoms with Crippen molar-refractivity contribution >= 4 is 35.2 Å². The monoisotopic (exact) mass is 536 g/mol. The van der Waals surface area contributed by atoms with Gasteiger partial charge in [0.25, 0.3) is 5.91 Å². The number of amides is 3. The van der Waals surface area contributed by atoms with Crippen LogP contribution in [0.15, 0.2) is 40.4 Å². The molecule has 3 aliphatic heterocycles. The first-order chi connectivity index (χ1) is 19.1. The van der Waals surface area contributed by atoms with E-state index in [9.17, 15) is 9.59 Å². The fraction of sp³-hybridized carbons (Fsp3) is 0.423. The second-order valence-corrected chi connectivity index (χ2v) is 9.03. The Bertz CT molecular complexity index is 1270. The number of anilines is 1. The number of aromatic nitrogens is 1. The smallest absolute Gasteiger partial charge is 0.320 e. The number of pyridine rings is 1. The van der Waals surface area contributed by atoms with E-state index in [2.05, 4.69) is 30.8 Å². The van der Waals surface area contributed by atoms with Gasteiger partial charge in [0.1, 0.15) is 17.3 Å². The summed E-state index contributed by atoms with van der Waals surface area (Å²) in [6.07, 6.45) is 2.26. The van der Waals surface area contributed by atoms with E-state index in [0.717, 1.165) is 50.7 Å². The van der Waals surface area contributed by atoms with Crippen molar-refractivity contribution < 1.29 is 23.8 Å². The molecule has 1 aromatic heterocycles. The van der Waals surface area contributed by atoms with Gasteiger partial charge in [-0.05, 0) is 30.7 Å². The lowest BCUT2D eigenvalue weighted by Gasteiger charge is -2.29. The first-order valence-corrected chi connectivity index (χ1v) is 12.9. The van der Waals surface area contributed by atoms with Crippen molar-refractivity contribution in [3.63, 3.8) is 0 Å². The van der Waals surface area contributed by atoms with E-state index < -0.39 is 11.9 Å². The molecule has 3 aliphatic rings. The third-order valence-corrected chi connectivity index (χ3v) is 6.55. The summed E-state index contributed by atoms with van der Waals surface area (Å²) in [4.78, 5) is 42.3. The molecule has 0 atom stereocenters. The van der Waals surface area contributed by atoms with Crippen molar-refractivity contribution in [1.29, 1.82) is 0 Å². The van der Waals surface area contributed by atoms with E-state index >= 15 is 0 Å². The van der Waals surface area contributed by atoms with E-state index in [0.29, 0.717) is 54.2 Å². The SMILES string of the molecule is CNC(=O)Nc1ccc(C(=O)NC2=Nc3c(ccc(OCCCN4CCOCC4)c3OC)C3=NCCN23)cn1.